The van der Waals surface area contributed by atoms with Gasteiger partial charge in [-0.2, -0.15) is 0 Å². The van der Waals surface area contributed by atoms with Gasteiger partial charge in [0.2, 0.25) is 0 Å². The van der Waals surface area contributed by atoms with Gasteiger partial charge in [-0.1, -0.05) is 44.5 Å². The van der Waals surface area contributed by atoms with Gasteiger partial charge in [-0.25, -0.2) is 18.2 Å². The molecule has 0 saturated heterocycles. The maximum Gasteiger partial charge on any atom is 0.366 e. The number of carbonyl (C=O) groups is 2. The van der Waals surface area contributed by atoms with Crippen molar-refractivity contribution < 1.29 is 37.3 Å². The molecule has 244 valence electrons. The van der Waals surface area contributed by atoms with Gasteiger partial charge in [0, 0.05) is 21.4 Å². The van der Waals surface area contributed by atoms with E-state index in [4.69, 9.17) is 25.8 Å². The maximum atomic E-state index is 13.0. The summed E-state index contributed by atoms with van der Waals surface area (Å²) in [5.74, 6) is -1.22. The fraction of sp³-hybridized carbons (Fsp3) is 0.303. The van der Waals surface area contributed by atoms with E-state index < -0.39 is 27.9 Å². The molecule has 0 spiro atoms. The van der Waals surface area contributed by atoms with Crippen molar-refractivity contribution in [3.05, 3.63) is 99.0 Å². The number of ether oxygens (including phenoxy) is 3. The molecule has 2 N–H and O–H groups in total. The third-order valence-electron chi connectivity index (χ3n) is 6.81. The highest BCUT2D eigenvalue weighted by atomic mass is 35.5. The maximum absolute atomic E-state index is 13.0. The largest absolute Gasteiger partial charge is 0.493 e. The molecule has 4 aromatic rings. The van der Waals surface area contributed by atoms with Gasteiger partial charge in [0.15, 0.2) is 21.3 Å². The summed E-state index contributed by atoms with van der Waals surface area (Å²) in [5, 5.41) is 15.3. The number of aliphatic carboxylic acids is 1. The number of hydrogen-bond donors (Lipinski definition) is 2. The molecule has 1 aromatic heterocycles. The average molecular weight is 687 g/mol. The van der Waals surface area contributed by atoms with E-state index in [0.717, 1.165) is 16.3 Å². The summed E-state index contributed by atoms with van der Waals surface area (Å²) in [6.07, 6.45) is -0.816. The van der Waals surface area contributed by atoms with Crippen LogP contribution in [0.3, 0.4) is 0 Å². The van der Waals surface area contributed by atoms with Crippen LogP contribution in [0, 0.1) is 0 Å². The summed E-state index contributed by atoms with van der Waals surface area (Å²) in [5.41, 5.74) is 1.84. The van der Waals surface area contributed by atoms with E-state index in [1.54, 1.807) is 30.3 Å². The summed E-state index contributed by atoms with van der Waals surface area (Å²) in [4.78, 5) is 29.8. The molecule has 4 rings (SSSR count). The van der Waals surface area contributed by atoms with Gasteiger partial charge >= 0.3 is 5.97 Å². The summed E-state index contributed by atoms with van der Waals surface area (Å²) in [6.45, 7) is 6.38. The van der Waals surface area contributed by atoms with Crippen molar-refractivity contribution >= 4 is 44.7 Å². The van der Waals surface area contributed by atoms with E-state index in [1.807, 2.05) is 5.38 Å². The molecule has 1 heterocycles. The van der Waals surface area contributed by atoms with E-state index in [-0.39, 0.29) is 34.0 Å². The van der Waals surface area contributed by atoms with Crippen molar-refractivity contribution in [1.82, 2.24) is 10.3 Å². The molecule has 10 nitrogen and oxygen atoms in total. The van der Waals surface area contributed by atoms with E-state index >= 15 is 0 Å². The minimum atomic E-state index is -3.45. The number of aromatic nitrogens is 1. The second-order valence-electron chi connectivity index (χ2n) is 11.4. The number of carboxylic acids is 1. The third-order valence-corrected chi connectivity index (χ3v) is 9.70. The first-order valence-corrected chi connectivity index (χ1v) is 17.2. The molecule has 0 fully saturated rings. The Balaban J connectivity index is 1.34. The molecular weight excluding hydrogens is 652 g/mol. The number of amides is 1. The molecule has 1 unspecified atom stereocenters. The first kappa shape index (κ1) is 34.7. The van der Waals surface area contributed by atoms with Gasteiger partial charge in [-0.05, 0) is 73.0 Å². The lowest BCUT2D eigenvalue weighted by Gasteiger charge is -2.17. The highest BCUT2D eigenvalue weighted by Gasteiger charge is 2.24. The highest BCUT2D eigenvalue weighted by Crippen LogP contribution is 2.30. The lowest BCUT2D eigenvalue weighted by atomic mass is 9.93. The van der Waals surface area contributed by atoms with Gasteiger partial charge in [-0.3, -0.25) is 4.79 Å². The van der Waals surface area contributed by atoms with Crippen LogP contribution in [0.2, 0.25) is 5.02 Å². The van der Waals surface area contributed by atoms with Crippen LogP contribution in [-0.4, -0.2) is 49.5 Å². The molecule has 13 heteroatoms. The van der Waals surface area contributed by atoms with E-state index in [0.29, 0.717) is 29.4 Å². The molecule has 1 amide bonds. The number of sulfone groups is 1. The van der Waals surface area contributed by atoms with Crippen molar-refractivity contribution in [3.63, 3.8) is 0 Å². The molecule has 0 aliphatic heterocycles. The third kappa shape index (κ3) is 9.44. The monoisotopic (exact) mass is 686 g/mol. The zero-order chi connectivity index (χ0) is 33.5. The minimum absolute atomic E-state index is 0.0405. The molecule has 1 atom stereocenters. The second-order valence-corrected chi connectivity index (χ2v) is 14.8. The molecular formula is C33H35ClN2O8S2. The molecule has 46 heavy (non-hydrogen) atoms. The van der Waals surface area contributed by atoms with Crippen molar-refractivity contribution in [2.45, 2.75) is 56.8 Å². The van der Waals surface area contributed by atoms with Crippen LogP contribution in [-0.2, 0) is 33.1 Å². The molecule has 3 aromatic carbocycles. The van der Waals surface area contributed by atoms with Crippen LogP contribution in [0.4, 0.5) is 0 Å². The second kappa shape index (κ2) is 15.0. The number of nitrogens with zero attached hydrogens (tertiary/aromatic N) is 1. The van der Waals surface area contributed by atoms with Gasteiger partial charge in [0.05, 0.1) is 23.5 Å². The van der Waals surface area contributed by atoms with E-state index in [9.17, 15) is 23.1 Å². The minimum Gasteiger partial charge on any atom is -0.493 e. The van der Waals surface area contributed by atoms with Gasteiger partial charge in [-0.15, -0.1) is 11.3 Å². The van der Waals surface area contributed by atoms with Crippen LogP contribution in [0.1, 0.15) is 53.8 Å². The fourth-order valence-corrected chi connectivity index (χ4v) is 6.60. The van der Waals surface area contributed by atoms with Gasteiger partial charge in [0.25, 0.3) is 12.1 Å². The Kier molecular flexibility index (Phi) is 11.3. The predicted molar refractivity (Wildman–Crippen MR) is 176 cm³/mol. The van der Waals surface area contributed by atoms with E-state index in [1.165, 1.54) is 54.8 Å². The normalized spacial score (nSPS) is 12.3. The Morgan fingerprint density at radius 1 is 1.02 bits per heavy atom. The van der Waals surface area contributed by atoms with Crippen molar-refractivity contribution in [1.29, 1.82) is 0 Å². The van der Waals surface area contributed by atoms with Crippen LogP contribution in [0.15, 0.2) is 77.0 Å². The lowest BCUT2D eigenvalue weighted by molar-refractivity contribution is -0.146. The first-order chi connectivity index (χ1) is 21.7. The average Bonchev–Trinajstić information content (AvgIpc) is 3.50. The molecule has 0 bridgehead atoms. The summed E-state index contributed by atoms with van der Waals surface area (Å²) in [7, 11) is -1.97. The van der Waals surface area contributed by atoms with Crippen molar-refractivity contribution in [2.24, 2.45) is 0 Å². The Morgan fingerprint density at radius 2 is 1.72 bits per heavy atom. The number of carboxylic acid groups (broad SMARTS) is 1. The van der Waals surface area contributed by atoms with Crippen LogP contribution >= 0.6 is 22.9 Å². The van der Waals surface area contributed by atoms with Crippen LogP contribution < -0.4 is 19.5 Å². The number of rotatable bonds is 14. The number of benzene rings is 3. The number of methoxy groups -OCH3 is 1. The Hall–Kier alpha value is -4.13. The Morgan fingerprint density at radius 3 is 2.33 bits per heavy atom. The van der Waals surface area contributed by atoms with Crippen LogP contribution in [0.5, 0.6) is 17.2 Å². The Bertz CT molecular complexity index is 1770. The number of hydrogen-bond acceptors (Lipinski definition) is 9. The Labute approximate surface area is 277 Å². The fourth-order valence-electron chi connectivity index (χ4n) is 4.23. The highest BCUT2D eigenvalue weighted by molar-refractivity contribution is 7.91. The number of nitrogens with one attached hydrogen (secondary N) is 1. The zero-order valence-electron chi connectivity index (χ0n) is 25.8. The van der Waals surface area contributed by atoms with Gasteiger partial charge in [0.1, 0.15) is 17.4 Å². The zero-order valence-corrected chi connectivity index (χ0v) is 28.2. The number of halogens is 1. The number of carbonyl (C=O) groups excluding carboxylic acids is 1. The van der Waals surface area contributed by atoms with Gasteiger partial charge < -0.3 is 24.6 Å². The number of aryl methyl sites for hydroxylation is 1. The SMILES string of the molecule is COc1ccc(C(=O)NC(Oc2ccc(CCCS(=O)(=O)c3ccc(Cl)cc3)cc2)C(=O)O)cc1OCc1nc(C(C)(C)C)cs1. The number of thiazole rings is 1. The first-order valence-electron chi connectivity index (χ1n) is 14.3. The molecule has 0 saturated carbocycles. The molecule has 0 aliphatic carbocycles. The van der Waals surface area contributed by atoms with Crippen molar-refractivity contribution in [2.75, 3.05) is 12.9 Å². The van der Waals surface area contributed by atoms with Crippen LogP contribution in [0.25, 0.3) is 0 Å². The molecule has 0 aliphatic rings. The molecule has 0 radical (unpaired) electrons. The summed E-state index contributed by atoms with van der Waals surface area (Å²) < 4.78 is 42.0. The van der Waals surface area contributed by atoms with Crippen molar-refractivity contribution in [3.8, 4) is 17.2 Å². The lowest BCUT2D eigenvalue weighted by Crippen LogP contribution is -2.44. The smallest absolute Gasteiger partial charge is 0.366 e. The standard InChI is InChI=1S/C33H35ClN2O8S2/c1-33(2,3)28-20-45-29(35-28)19-43-27-18-22(9-16-26(27)42-4)30(37)36-31(32(38)39)44-24-12-7-21(8-13-24)6-5-17-46(40,41)25-14-10-23(34)11-15-25/h7-16,18,20,31H,5-6,17,19H2,1-4H3,(H,36,37)(H,38,39). The summed E-state index contributed by atoms with van der Waals surface area (Å²) in [6, 6.07) is 17.1. The summed E-state index contributed by atoms with van der Waals surface area (Å²) >= 11 is 7.32. The quantitative estimate of drug-likeness (QED) is 0.146. The topological polar surface area (TPSA) is 141 Å². The predicted octanol–water partition coefficient (Wildman–Crippen LogP) is 6.31. The van der Waals surface area contributed by atoms with E-state index in [2.05, 4.69) is 31.1 Å².